The van der Waals surface area contributed by atoms with Gasteiger partial charge < -0.3 is 15.4 Å². The lowest BCUT2D eigenvalue weighted by molar-refractivity contribution is 0.326. The fourth-order valence-corrected chi connectivity index (χ4v) is 2.31. The fraction of sp³-hybridized carbons (Fsp3) is 0.333. The van der Waals surface area contributed by atoms with Gasteiger partial charge in [0.05, 0.1) is 13.2 Å². The summed E-state index contributed by atoms with van der Waals surface area (Å²) in [5.74, 6) is 1.37. The zero-order valence-corrected chi connectivity index (χ0v) is 17.5. The van der Waals surface area contributed by atoms with Crippen LogP contribution in [0.25, 0.3) is 0 Å². The lowest BCUT2D eigenvalue weighted by Gasteiger charge is -2.12. The summed E-state index contributed by atoms with van der Waals surface area (Å²) in [7, 11) is 0. The maximum atomic E-state index is 6.18. The van der Waals surface area contributed by atoms with Crippen molar-refractivity contribution in [2.75, 3.05) is 13.2 Å². The highest BCUT2D eigenvalue weighted by atomic mass is 127. The molecule has 0 spiro atoms. The molecule has 0 radical (unpaired) electrons. The van der Waals surface area contributed by atoms with E-state index < -0.39 is 0 Å². The van der Waals surface area contributed by atoms with Gasteiger partial charge in [0.1, 0.15) is 0 Å². The number of pyridine rings is 1. The smallest absolute Gasteiger partial charge is 0.213 e. The Morgan fingerprint density at radius 2 is 2.00 bits per heavy atom. The van der Waals surface area contributed by atoms with E-state index in [0.29, 0.717) is 25.6 Å². The van der Waals surface area contributed by atoms with Crippen LogP contribution in [-0.4, -0.2) is 24.1 Å². The van der Waals surface area contributed by atoms with E-state index in [-0.39, 0.29) is 24.0 Å². The molecule has 0 amide bonds. The third kappa shape index (κ3) is 7.48. The molecule has 0 unspecified atom stereocenters. The molecule has 1 heterocycles. The summed E-state index contributed by atoms with van der Waals surface area (Å²) in [6, 6.07) is 11.6. The Morgan fingerprint density at radius 1 is 1.20 bits per heavy atom. The topological polar surface area (TPSA) is 58.5 Å². The molecule has 0 saturated carbocycles. The van der Waals surface area contributed by atoms with Crippen molar-refractivity contribution in [2.24, 2.45) is 4.99 Å². The maximum Gasteiger partial charge on any atom is 0.213 e. The van der Waals surface area contributed by atoms with Crippen molar-refractivity contribution in [1.82, 2.24) is 15.6 Å². The van der Waals surface area contributed by atoms with Gasteiger partial charge in [0.2, 0.25) is 5.88 Å². The molecule has 0 fully saturated rings. The molecule has 5 nitrogen and oxygen atoms in total. The van der Waals surface area contributed by atoms with Gasteiger partial charge in [-0.05, 0) is 37.1 Å². The first kappa shape index (κ1) is 21.5. The number of nitrogens with one attached hydrogen (secondary N) is 2. The molecule has 0 aliphatic rings. The second kappa shape index (κ2) is 11.9. The van der Waals surface area contributed by atoms with Gasteiger partial charge in [0.15, 0.2) is 5.96 Å². The van der Waals surface area contributed by atoms with Crippen molar-refractivity contribution >= 4 is 41.5 Å². The van der Waals surface area contributed by atoms with Crippen molar-refractivity contribution in [1.29, 1.82) is 0 Å². The van der Waals surface area contributed by atoms with Gasteiger partial charge >= 0.3 is 0 Å². The molecular formula is C18H24ClIN4O. The van der Waals surface area contributed by atoms with Gasteiger partial charge in [0, 0.05) is 30.4 Å². The molecule has 0 atom stereocenters. The first-order chi connectivity index (χ1) is 11.7. The number of halogens is 2. The Morgan fingerprint density at radius 3 is 2.72 bits per heavy atom. The molecule has 0 saturated heterocycles. The number of ether oxygens (including phenoxy) is 1. The largest absolute Gasteiger partial charge is 0.478 e. The Hall–Kier alpha value is -1.54. The Balaban J connectivity index is 0.00000312. The summed E-state index contributed by atoms with van der Waals surface area (Å²) in [5, 5.41) is 7.27. The minimum atomic E-state index is 0. The summed E-state index contributed by atoms with van der Waals surface area (Å²) in [4.78, 5) is 8.76. The minimum absolute atomic E-state index is 0. The van der Waals surface area contributed by atoms with E-state index in [1.54, 1.807) is 6.20 Å². The number of hydrogen-bond acceptors (Lipinski definition) is 3. The SMILES string of the molecule is CCNC(=NCc1ccnc(OCC)c1)NCc1ccccc1Cl.I. The Bertz CT molecular complexity index is 682. The lowest BCUT2D eigenvalue weighted by atomic mass is 10.2. The number of nitrogens with zero attached hydrogens (tertiary/aromatic N) is 2. The van der Waals surface area contributed by atoms with E-state index in [4.69, 9.17) is 16.3 Å². The highest BCUT2D eigenvalue weighted by Crippen LogP contribution is 2.14. The molecule has 0 bridgehead atoms. The van der Waals surface area contributed by atoms with Crippen LogP contribution in [0.1, 0.15) is 25.0 Å². The zero-order valence-electron chi connectivity index (χ0n) is 14.5. The van der Waals surface area contributed by atoms with Gasteiger partial charge in [-0.25, -0.2) is 9.98 Å². The monoisotopic (exact) mass is 474 g/mol. The molecule has 136 valence electrons. The predicted molar refractivity (Wildman–Crippen MR) is 114 cm³/mol. The molecule has 0 aliphatic heterocycles. The van der Waals surface area contributed by atoms with Crippen LogP contribution in [-0.2, 0) is 13.1 Å². The minimum Gasteiger partial charge on any atom is -0.478 e. The average Bonchev–Trinajstić information content (AvgIpc) is 2.59. The molecule has 1 aromatic carbocycles. The van der Waals surface area contributed by atoms with Gasteiger partial charge in [-0.15, -0.1) is 24.0 Å². The third-order valence-electron chi connectivity index (χ3n) is 3.26. The van der Waals surface area contributed by atoms with Crippen LogP contribution in [0.5, 0.6) is 5.88 Å². The van der Waals surface area contributed by atoms with E-state index in [2.05, 4.69) is 20.6 Å². The van der Waals surface area contributed by atoms with Crippen LogP contribution in [0, 0.1) is 0 Å². The molecule has 25 heavy (non-hydrogen) atoms. The number of aliphatic imine (C=N–C) groups is 1. The maximum absolute atomic E-state index is 6.18. The van der Waals surface area contributed by atoms with Gasteiger partial charge in [-0.3, -0.25) is 0 Å². The summed E-state index contributed by atoms with van der Waals surface area (Å²) < 4.78 is 5.41. The number of hydrogen-bond donors (Lipinski definition) is 2. The number of benzene rings is 1. The molecule has 2 rings (SSSR count). The van der Waals surface area contributed by atoms with Crippen LogP contribution in [0.3, 0.4) is 0 Å². The van der Waals surface area contributed by atoms with Crippen LogP contribution in [0.15, 0.2) is 47.6 Å². The number of rotatable bonds is 7. The first-order valence-corrected chi connectivity index (χ1v) is 8.44. The lowest BCUT2D eigenvalue weighted by Crippen LogP contribution is -2.36. The van der Waals surface area contributed by atoms with Gasteiger partial charge in [-0.2, -0.15) is 0 Å². The van der Waals surface area contributed by atoms with Crippen molar-refractivity contribution < 1.29 is 4.74 Å². The molecular weight excluding hydrogens is 451 g/mol. The second-order valence-corrected chi connectivity index (χ2v) is 5.48. The molecule has 7 heteroatoms. The van der Waals surface area contributed by atoms with E-state index in [9.17, 15) is 0 Å². The van der Waals surface area contributed by atoms with Crippen molar-refractivity contribution in [3.63, 3.8) is 0 Å². The second-order valence-electron chi connectivity index (χ2n) is 5.08. The summed E-state index contributed by atoms with van der Waals surface area (Å²) in [5.41, 5.74) is 2.08. The average molecular weight is 475 g/mol. The molecule has 0 aliphatic carbocycles. The zero-order chi connectivity index (χ0) is 17.2. The molecule has 2 aromatic rings. The van der Waals surface area contributed by atoms with Crippen LogP contribution in [0.2, 0.25) is 5.02 Å². The van der Waals surface area contributed by atoms with E-state index in [1.165, 1.54) is 0 Å². The summed E-state index contributed by atoms with van der Waals surface area (Å²) in [6.45, 7) is 6.52. The highest BCUT2D eigenvalue weighted by molar-refractivity contribution is 14.0. The van der Waals surface area contributed by atoms with Crippen LogP contribution in [0.4, 0.5) is 0 Å². The van der Waals surface area contributed by atoms with Crippen molar-refractivity contribution in [2.45, 2.75) is 26.9 Å². The quantitative estimate of drug-likeness (QED) is 0.362. The Kier molecular flexibility index (Phi) is 10.3. The van der Waals surface area contributed by atoms with Crippen LogP contribution < -0.4 is 15.4 Å². The summed E-state index contributed by atoms with van der Waals surface area (Å²) >= 11 is 6.18. The van der Waals surface area contributed by atoms with Crippen molar-refractivity contribution in [3.8, 4) is 5.88 Å². The predicted octanol–water partition coefficient (Wildman–Crippen LogP) is 4.01. The molecule has 2 N–H and O–H groups in total. The first-order valence-electron chi connectivity index (χ1n) is 8.06. The van der Waals surface area contributed by atoms with Crippen molar-refractivity contribution in [3.05, 3.63) is 58.7 Å². The fourth-order valence-electron chi connectivity index (χ4n) is 2.11. The van der Waals surface area contributed by atoms with Gasteiger partial charge in [-0.1, -0.05) is 29.8 Å². The highest BCUT2D eigenvalue weighted by Gasteiger charge is 2.02. The van der Waals surface area contributed by atoms with E-state index in [0.717, 1.165) is 28.7 Å². The van der Waals surface area contributed by atoms with E-state index >= 15 is 0 Å². The number of guanidine groups is 1. The third-order valence-corrected chi connectivity index (χ3v) is 3.63. The van der Waals surface area contributed by atoms with Gasteiger partial charge in [0.25, 0.3) is 0 Å². The number of aromatic nitrogens is 1. The van der Waals surface area contributed by atoms with Crippen LogP contribution >= 0.6 is 35.6 Å². The Labute approximate surface area is 171 Å². The standard InChI is InChI=1S/C18H23ClN4O.HI/c1-3-20-18(23-13-15-7-5-6-8-16(15)19)22-12-14-9-10-21-17(11-14)24-4-2;/h5-11H,3-4,12-13H2,1-2H3,(H2,20,22,23);1H. The van der Waals surface area contributed by atoms with E-state index in [1.807, 2.05) is 50.2 Å². The normalized spacial score (nSPS) is 10.8. The molecule has 1 aromatic heterocycles. The summed E-state index contributed by atoms with van der Waals surface area (Å²) in [6.07, 6.45) is 1.74.